The highest BCUT2D eigenvalue weighted by molar-refractivity contribution is 14.1. The number of halogens is 3. The number of rotatable bonds is 2. The van der Waals surface area contributed by atoms with Gasteiger partial charge in [-0.3, -0.25) is 0 Å². The van der Waals surface area contributed by atoms with E-state index in [4.69, 9.17) is 23.2 Å². The molecule has 0 saturated carbocycles. The smallest absolute Gasteiger partial charge is 0.196 e. The minimum absolute atomic E-state index is 0.500. The molecule has 0 saturated heterocycles. The normalized spacial score (nSPS) is 10.9. The molecule has 0 aliphatic carbocycles. The molecule has 0 unspecified atom stereocenters. The topological polar surface area (TPSA) is 54.5 Å². The molecule has 0 bridgehead atoms. The number of nitrogens with zero attached hydrogens (tertiary/aromatic N) is 3. The first-order valence-electron chi connectivity index (χ1n) is 6.05. The van der Waals surface area contributed by atoms with Gasteiger partial charge in [0.15, 0.2) is 11.6 Å². The van der Waals surface area contributed by atoms with Crippen molar-refractivity contribution in [2.75, 3.05) is 0 Å². The van der Waals surface area contributed by atoms with Gasteiger partial charge >= 0.3 is 0 Å². The average molecular weight is 431 g/mol. The lowest BCUT2D eigenvalue weighted by Crippen LogP contribution is -1.96. The highest BCUT2D eigenvalue weighted by Crippen LogP contribution is 2.28. The summed E-state index contributed by atoms with van der Waals surface area (Å²) >= 11 is 14.2. The number of aromatic nitrogens is 4. The average Bonchev–Trinajstić information content (AvgIpc) is 2.88. The van der Waals surface area contributed by atoms with Gasteiger partial charge in [0.25, 0.3) is 0 Å². The molecule has 0 amide bonds. The number of H-pyrrole nitrogens is 1. The Kier molecular flexibility index (Phi) is 4.14. The van der Waals surface area contributed by atoms with E-state index in [9.17, 15) is 0 Å². The first kappa shape index (κ1) is 14.7. The molecule has 3 rings (SSSR count). The number of nitrogens with one attached hydrogen (secondary N) is 1. The van der Waals surface area contributed by atoms with E-state index in [2.05, 4.69) is 42.5 Å². The number of hydrogen-bond acceptors (Lipinski definition) is 3. The summed E-state index contributed by atoms with van der Waals surface area (Å²) in [5.74, 6) is 1.20. The number of aryl methyl sites for hydroxylation is 1. The number of benzene rings is 1. The summed E-state index contributed by atoms with van der Waals surface area (Å²) in [7, 11) is 0. The lowest BCUT2D eigenvalue weighted by Gasteiger charge is -2.06. The molecule has 0 fully saturated rings. The minimum atomic E-state index is 0.500. The molecule has 1 N–H and O–H groups in total. The second-order valence-corrected chi connectivity index (χ2v) is 6.40. The van der Waals surface area contributed by atoms with Gasteiger partial charge in [-0.25, -0.2) is 15.0 Å². The maximum atomic E-state index is 6.07. The van der Waals surface area contributed by atoms with E-state index in [1.807, 2.05) is 19.1 Å². The van der Waals surface area contributed by atoms with Gasteiger partial charge in [0.2, 0.25) is 0 Å². The summed E-state index contributed by atoms with van der Waals surface area (Å²) in [6.45, 7) is 1.92. The summed E-state index contributed by atoms with van der Waals surface area (Å²) in [4.78, 5) is 16.3. The Morgan fingerprint density at radius 3 is 2.57 bits per heavy atom. The van der Waals surface area contributed by atoms with E-state index in [1.165, 1.54) is 0 Å². The summed E-state index contributed by atoms with van der Waals surface area (Å²) < 4.78 is 0.934. The predicted molar refractivity (Wildman–Crippen MR) is 92.5 cm³/mol. The van der Waals surface area contributed by atoms with Gasteiger partial charge in [-0.2, -0.15) is 0 Å². The Bertz CT molecular complexity index is 816. The van der Waals surface area contributed by atoms with Crippen molar-refractivity contribution in [3.05, 3.63) is 49.9 Å². The van der Waals surface area contributed by atoms with Gasteiger partial charge in [0.1, 0.15) is 0 Å². The van der Waals surface area contributed by atoms with Crippen LogP contribution in [0.15, 0.2) is 30.5 Å². The third kappa shape index (κ3) is 3.20. The second-order valence-electron chi connectivity index (χ2n) is 4.43. The van der Waals surface area contributed by atoms with Gasteiger partial charge in [0.05, 0.1) is 25.6 Å². The van der Waals surface area contributed by atoms with Gasteiger partial charge in [-0.05, 0) is 47.7 Å². The fourth-order valence-corrected chi connectivity index (χ4v) is 2.58. The molecule has 21 heavy (non-hydrogen) atoms. The summed E-state index contributed by atoms with van der Waals surface area (Å²) in [5.41, 5.74) is 2.52. The SMILES string of the molecule is Cc1cc(-c2ccc(Cl)c(Cl)c2)nc(-c2ncc(I)[nH]2)n1. The van der Waals surface area contributed by atoms with Crippen molar-refractivity contribution in [2.45, 2.75) is 6.92 Å². The molecule has 0 aliphatic heterocycles. The third-order valence-electron chi connectivity index (χ3n) is 2.83. The zero-order chi connectivity index (χ0) is 15.0. The number of imidazole rings is 1. The number of hydrogen-bond donors (Lipinski definition) is 1. The summed E-state index contributed by atoms with van der Waals surface area (Å²) in [5, 5.41) is 1.02. The highest BCUT2D eigenvalue weighted by Gasteiger charge is 2.10. The Morgan fingerprint density at radius 2 is 1.90 bits per heavy atom. The fraction of sp³-hybridized carbons (Fsp3) is 0.0714. The quantitative estimate of drug-likeness (QED) is 0.596. The van der Waals surface area contributed by atoms with Crippen molar-refractivity contribution in [1.82, 2.24) is 19.9 Å². The molecule has 106 valence electrons. The van der Waals surface area contributed by atoms with Crippen LogP contribution in [0.3, 0.4) is 0 Å². The first-order chi connectivity index (χ1) is 10.0. The molecule has 2 aromatic heterocycles. The molecule has 1 aromatic carbocycles. The van der Waals surface area contributed by atoms with Gasteiger partial charge < -0.3 is 4.98 Å². The zero-order valence-corrected chi connectivity index (χ0v) is 14.5. The lowest BCUT2D eigenvalue weighted by molar-refractivity contribution is 1.08. The maximum absolute atomic E-state index is 6.07. The van der Waals surface area contributed by atoms with Crippen molar-refractivity contribution in [1.29, 1.82) is 0 Å². The molecule has 4 nitrogen and oxygen atoms in total. The molecule has 0 aliphatic rings. The van der Waals surface area contributed by atoms with Crippen LogP contribution < -0.4 is 0 Å². The van der Waals surface area contributed by atoms with Crippen LogP contribution in [-0.2, 0) is 0 Å². The van der Waals surface area contributed by atoms with Crippen LogP contribution in [-0.4, -0.2) is 19.9 Å². The molecule has 7 heteroatoms. The van der Waals surface area contributed by atoms with Gasteiger partial charge in [-0.1, -0.05) is 29.3 Å². The Balaban J connectivity index is 2.11. The molecule has 0 atom stereocenters. The van der Waals surface area contributed by atoms with Crippen LogP contribution in [0.25, 0.3) is 22.9 Å². The van der Waals surface area contributed by atoms with Crippen LogP contribution in [0.2, 0.25) is 10.0 Å². The van der Waals surface area contributed by atoms with Crippen molar-refractivity contribution in [3.8, 4) is 22.9 Å². The highest BCUT2D eigenvalue weighted by atomic mass is 127. The molecule has 2 heterocycles. The Morgan fingerprint density at radius 1 is 1.10 bits per heavy atom. The van der Waals surface area contributed by atoms with E-state index in [1.54, 1.807) is 18.3 Å². The summed E-state index contributed by atoms with van der Waals surface area (Å²) in [6.07, 6.45) is 1.74. The van der Waals surface area contributed by atoms with Crippen LogP contribution in [0.4, 0.5) is 0 Å². The second kappa shape index (κ2) is 5.90. The van der Waals surface area contributed by atoms with E-state index in [0.29, 0.717) is 21.7 Å². The molecule has 3 aromatic rings. The van der Waals surface area contributed by atoms with Crippen molar-refractivity contribution >= 4 is 45.8 Å². The first-order valence-corrected chi connectivity index (χ1v) is 7.88. The molecule has 0 spiro atoms. The minimum Gasteiger partial charge on any atom is -0.331 e. The van der Waals surface area contributed by atoms with E-state index < -0.39 is 0 Å². The van der Waals surface area contributed by atoms with E-state index >= 15 is 0 Å². The van der Waals surface area contributed by atoms with Crippen molar-refractivity contribution < 1.29 is 0 Å². The predicted octanol–water partition coefficient (Wildman–Crippen LogP) is 4.75. The third-order valence-corrected chi connectivity index (χ3v) is 4.11. The van der Waals surface area contributed by atoms with Crippen molar-refractivity contribution in [2.24, 2.45) is 0 Å². The standard InChI is InChI=1S/C14H9Cl2IN4/c1-7-4-11(8-2-3-9(15)10(16)5-8)20-14(19-7)13-18-6-12(17)21-13/h2-6H,1H3,(H,18,21). The Hall–Kier alpha value is -1.18. The lowest BCUT2D eigenvalue weighted by atomic mass is 10.1. The monoisotopic (exact) mass is 430 g/mol. The van der Waals surface area contributed by atoms with Crippen LogP contribution in [0, 0.1) is 10.6 Å². The number of aromatic amines is 1. The molecule has 0 radical (unpaired) electrons. The Labute approximate surface area is 145 Å². The molecular formula is C14H9Cl2IN4. The largest absolute Gasteiger partial charge is 0.331 e. The fourth-order valence-electron chi connectivity index (χ4n) is 1.89. The van der Waals surface area contributed by atoms with Gasteiger partial charge in [-0.15, -0.1) is 0 Å². The van der Waals surface area contributed by atoms with E-state index in [0.717, 1.165) is 20.7 Å². The van der Waals surface area contributed by atoms with Crippen LogP contribution in [0.1, 0.15) is 5.69 Å². The van der Waals surface area contributed by atoms with Crippen LogP contribution >= 0.6 is 45.8 Å². The van der Waals surface area contributed by atoms with Crippen molar-refractivity contribution in [3.63, 3.8) is 0 Å². The molecular weight excluding hydrogens is 422 g/mol. The van der Waals surface area contributed by atoms with Gasteiger partial charge in [0, 0.05) is 11.3 Å². The van der Waals surface area contributed by atoms with Crippen LogP contribution in [0.5, 0.6) is 0 Å². The van der Waals surface area contributed by atoms with E-state index in [-0.39, 0.29) is 0 Å². The zero-order valence-electron chi connectivity index (χ0n) is 10.9. The summed E-state index contributed by atoms with van der Waals surface area (Å²) in [6, 6.07) is 7.33. The maximum Gasteiger partial charge on any atom is 0.196 e.